The van der Waals surface area contributed by atoms with Crippen LogP contribution in [-0.4, -0.2) is 15.9 Å². The molecule has 0 bridgehead atoms. The summed E-state index contributed by atoms with van der Waals surface area (Å²) in [6, 6.07) is 3.36. The molecule has 0 unspecified atom stereocenters. The van der Waals surface area contributed by atoms with Gasteiger partial charge in [-0.05, 0) is 35.0 Å². The largest absolute Gasteiger partial charge is 0.419 e. The number of thiazole rings is 1. The molecule has 0 fully saturated rings. The van der Waals surface area contributed by atoms with Crippen LogP contribution in [0.2, 0.25) is 0 Å². The third kappa shape index (κ3) is 2.45. The summed E-state index contributed by atoms with van der Waals surface area (Å²) in [5.74, 6) is -0.0868. The first-order valence-electron chi connectivity index (χ1n) is 4.41. The molecule has 0 amide bonds. The van der Waals surface area contributed by atoms with E-state index in [-0.39, 0.29) is 0 Å². The lowest BCUT2D eigenvalue weighted by Crippen LogP contribution is -2.09. The van der Waals surface area contributed by atoms with E-state index in [1.165, 1.54) is 11.3 Å². The number of esters is 1. The fourth-order valence-corrected chi connectivity index (χ4v) is 1.97. The number of halogens is 1. The monoisotopic (exact) mass is 298 g/mol. The van der Waals surface area contributed by atoms with Crippen molar-refractivity contribution in [2.45, 2.75) is 6.92 Å². The number of ether oxygens (including phenoxy) is 1. The van der Waals surface area contributed by atoms with E-state index in [4.69, 9.17) is 4.74 Å². The summed E-state index contributed by atoms with van der Waals surface area (Å²) in [7, 11) is 0. The van der Waals surface area contributed by atoms with Crippen LogP contribution < -0.4 is 4.74 Å². The summed E-state index contributed by atoms with van der Waals surface area (Å²) in [6.07, 6.45) is 1.61. The van der Waals surface area contributed by atoms with Gasteiger partial charge in [0, 0.05) is 11.6 Å². The lowest BCUT2D eigenvalue weighted by molar-refractivity contribution is 0.0727. The molecule has 0 N–H and O–H groups in total. The molecule has 2 rings (SSSR count). The van der Waals surface area contributed by atoms with Gasteiger partial charge < -0.3 is 4.74 Å². The Kier molecular flexibility index (Phi) is 3.31. The van der Waals surface area contributed by atoms with Crippen LogP contribution in [0.15, 0.2) is 28.3 Å². The summed E-state index contributed by atoms with van der Waals surface area (Å²) in [5, 5.41) is 2.50. The molecule has 0 aromatic carbocycles. The van der Waals surface area contributed by atoms with Crippen molar-refractivity contribution >= 4 is 33.2 Å². The summed E-state index contributed by atoms with van der Waals surface area (Å²) in [4.78, 5) is 19.7. The van der Waals surface area contributed by atoms with Gasteiger partial charge in [-0.3, -0.25) is 0 Å². The van der Waals surface area contributed by atoms with E-state index in [1.54, 1.807) is 23.7 Å². The van der Waals surface area contributed by atoms with Crippen molar-refractivity contribution in [3.63, 3.8) is 0 Å². The van der Waals surface area contributed by atoms with Crippen molar-refractivity contribution in [1.29, 1.82) is 0 Å². The number of nitrogens with zero attached hydrogens (tertiary/aromatic N) is 2. The average molecular weight is 299 g/mol. The molecule has 6 heteroatoms. The quantitative estimate of drug-likeness (QED) is 0.632. The molecule has 0 spiro atoms. The second-order valence-electron chi connectivity index (χ2n) is 2.93. The molecule has 0 aliphatic carbocycles. The van der Waals surface area contributed by atoms with Crippen molar-refractivity contribution in [1.82, 2.24) is 9.97 Å². The van der Waals surface area contributed by atoms with Gasteiger partial charge in [-0.15, -0.1) is 11.3 Å². The van der Waals surface area contributed by atoms with Crippen LogP contribution >= 0.6 is 27.3 Å². The van der Waals surface area contributed by atoms with Crippen LogP contribution in [0.4, 0.5) is 0 Å². The fraction of sp³-hybridized carbons (Fsp3) is 0.100. The van der Waals surface area contributed by atoms with Gasteiger partial charge in [0.2, 0.25) is 0 Å². The zero-order valence-electron chi connectivity index (χ0n) is 8.31. The predicted molar refractivity (Wildman–Crippen MR) is 63.7 cm³/mol. The van der Waals surface area contributed by atoms with Gasteiger partial charge in [0.05, 0.1) is 5.01 Å². The molecule has 2 heterocycles. The first kappa shape index (κ1) is 11.2. The smallest absolute Gasteiger partial charge is 0.363 e. The Morgan fingerprint density at radius 1 is 1.56 bits per heavy atom. The predicted octanol–water partition coefficient (Wildman–Crippen LogP) is 2.83. The van der Waals surface area contributed by atoms with Gasteiger partial charge >= 0.3 is 5.97 Å². The Bertz CT molecular complexity index is 527. The zero-order chi connectivity index (χ0) is 11.5. The summed E-state index contributed by atoms with van der Waals surface area (Å²) >= 11 is 4.60. The van der Waals surface area contributed by atoms with Crippen molar-refractivity contribution < 1.29 is 9.53 Å². The van der Waals surface area contributed by atoms with E-state index < -0.39 is 5.97 Å². The highest BCUT2D eigenvalue weighted by Gasteiger charge is 2.13. The van der Waals surface area contributed by atoms with Crippen molar-refractivity contribution in [3.8, 4) is 5.75 Å². The molecule has 0 aliphatic rings. The van der Waals surface area contributed by atoms with Crippen LogP contribution in [0.3, 0.4) is 0 Å². The minimum absolute atomic E-state index is 0.318. The number of hydrogen-bond acceptors (Lipinski definition) is 5. The normalized spacial score (nSPS) is 10.1. The third-order valence-electron chi connectivity index (χ3n) is 1.76. The SMILES string of the molecule is Cc1nc(C(=O)Oc2cccnc2Br)cs1. The summed E-state index contributed by atoms with van der Waals surface area (Å²) < 4.78 is 5.64. The lowest BCUT2D eigenvalue weighted by atomic mass is 10.4. The minimum Gasteiger partial charge on any atom is -0.419 e. The first-order valence-corrected chi connectivity index (χ1v) is 6.09. The van der Waals surface area contributed by atoms with Crippen LogP contribution in [0.25, 0.3) is 0 Å². The van der Waals surface area contributed by atoms with Gasteiger partial charge in [0.15, 0.2) is 11.4 Å². The molecule has 4 nitrogen and oxygen atoms in total. The van der Waals surface area contributed by atoms with Crippen LogP contribution in [0.1, 0.15) is 15.5 Å². The summed E-state index contributed by atoms with van der Waals surface area (Å²) in [5.41, 5.74) is 0.318. The maximum absolute atomic E-state index is 11.7. The Hall–Kier alpha value is -1.27. The zero-order valence-corrected chi connectivity index (χ0v) is 10.7. The molecule has 0 aliphatic heterocycles. The molecule has 82 valence electrons. The van der Waals surface area contributed by atoms with Gasteiger partial charge in [-0.1, -0.05) is 0 Å². The topological polar surface area (TPSA) is 52.1 Å². The number of aromatic nitrogens is 2. The molecule has 0 saturated heterocycles. The highest BCUT2D eigenvalue weighted by Crippen LogP contribution is 2.22. The van der Waals surface area contributed by atoms with Crippen molar-refractivity contribution in [2.75, 3.05) is 0 Å². The number of aryl methyl sites for hydroxylation is 1. The second kappa shape index (κ2) is 4.71. The van der Waals surface area contributed by atoms with E-state index in [9.17, 15) is 4.79 Å². The standard InChI is InChI=1S/C10H7BrN2O2S/c1-6-13-7(5-16-6)10(14)15-8-3-2-4-12-9(8)11/h2-5H,1H3. The van der Waals surface area contributed by atoms with Gasteiger partial charge in [-0.2, -0.15) is 0 Å². The molecule has 0 saturated carbocycles. The van der Waals surface area contributed by atoms with E-state index in [0.29, 0.717) is 16.0 Å². The maximum atomic E-state index is 11.7. The molecular formula is C10H7BrN2O2S. The number of hydrogen-bond donors (Lipinski definition) is 0. The van der Waals surface area contributed by atoms with E-state index in [0.717, 1.165) is 5.01 Å². The van der Waals surface area contributed by atoms with Gasteiger partial charge in [0.25, 0.3) is 0 Å². The lowest BCUT2D eigenvalue weighted by Gasteiger charge is -2.02. The highest BCUT2D eigenvalue weighted by atomic mass is 79.9. The number of carbonyl (C=O) groups is 1. The van der Waals surface area contributed by atoms with Crippen LogP contribution in [0.5, 0.6) is 5.75 Å². The number of carbonyl (C=O) groups excluding carboxylic acids is 1. The fourth-order valence-electron chi connectivity index (χ4n) is 1.06. The average Bonchev–Trinajstić information content (AvgIpc) is 2.68. The maximum Gasteiger partial charge on any atom is 0.363 e. The second-order valence-corrected chi connectivity index (χ2v) is 4.75. The molecule has 2 aromatic rings. The summed E-state index contributed by atoms with van der Waals surface area (Å²) in [6.45, 7) is 1.83. The number of rotatable bonds is 2. The van der Waals surface area contributed by atoms with Crippen molar-refractivity contribution in [3.05, 3.63) is 39.0 Å². The van der Waals surface area contributed by atoms with E-state index in [2.05, 4.69) is 25.9 Å². The Morgan fingerprint density at radius 3 is 3.00 bits per heavy atom. The Labute approximate surface area is 104 Å². The van der Waals surface area contributed by atoms with Crippen LogP contribution in [0, 0.1) is 6.92 Å². The van der Waals surface area contributed by atoms with Crippen molar-refractivity contribution in [2.24, 2.45) is 0 Å². The molecular weight excluding hydrogens is 292 g/mol. The minimum atomic E-state index is -0.474. The van der Waals surface area contributed by atoms with E-state index in [1.807, 2.05) is 6.92 Å². The molecule has 0 radical (unpaired) electrons. The molecule has 16 heavy (non-hydrogen) atoms. The highest BCUT2D eigenvalue weighted by molar-refractivity contribution is 9.10. The Balaban J connectivity index is 2.17. The van der Waals surface area contributed by atoms with Gasteiger partial charge in [0.1, 0.15) is 4.60 Å². The number of pyridine rings is 1. The van der Waals surface area contributed by atoms with Crippen LogP contribution in [-0.2, 0) is 0 Å². The van der Waals surface area contributed by atoms with E-state index >= 15 is 0 Å². The van der Waals surface area contributed by atoms with Gasteiger partial charge in [-0.25, -0.2) is 14.8 Å². The molecule has 0 atom stereocenters. The third-order valence-corrected chi connectivity index (χ3v) is 3.12. The first-order chi connectivity index (χ1) is 7.66. The molecule has 2 aromatic heterocycles. The Morgan fingerprint density at radius 2 is 2.38 bits per heavy atom.